The molecule has 2 heterocycles. The highest BCUT2D eigenvalue weighted by atomic mass is 16.7. The third-order valence-corrected chi connectivity index (χ3v) is 13.4. The predicted molar refractivity (Wildman–Crippen MR) is 257 cm³/mol. The van der Waals surface area contributed by atoms with Crippen LogP contribution in [0.15, 0.2) is 0 Å². The van der Waals surface area contributed by atoms with E-state index in [4.69, 9.17) is 28.4 Å². The Kier molecular flexibility index (Phi) is 37.7. The van der Waals surface area contributed by atoms with Gasteiger partial charge in [-0.2, -0.15) is 0 Å². The number of ether oxygens (including phenoxy) is 6. The van der Waals surface area contributed by atoms with Gasteiger partial charge in [0.2, 0.25) is 0 Å². The van der Waals surface area contributed by atoms with Crippen LogP contribution in [0.25, 0.3) is 0 Å². The van der Waals surface area contributed by atoms with E-state index in [1.165, 1.54) is 161 Å². The number of hydrogen-bond donors (Lipinski definition) is 7. The molecule has 0 amide bonds. The summed E-state index contributed by atoms with van der Waals surface area (Å²) in [6.45, 7) is 3.72. The maximum atomic E-state index is 13.0. The van der Waals surface area contributed by atoms with E-state index in [2.05, 4.69) is 13.8 Å². The van der Waals surface area contributed by atoms with Gasteiger partial charge in [-0.15, -0.1) is 0 Å². The third kappa shape index (κ3) is 28.0. The number of unbranched alkanes of at least 4 members (excludes halogenated alkanes) is 30. The van der Waals surface area contributed by atoms with Crippen molar-refractivity contribution in [2.45, 2.75) is 293 Å². The molecule has 0 aromatic rings. The van der Waals surface area contributed by atoms with Crippen LogP contribution in [0.5, 0.6) is 0 Å². The van der Waals surface area contributed by atoms with Crippen molar-refractivity contribution in [2.24, 2.45) is 0 Å². The molecule has 2 aliphatic heterocycles. The maximum absolute atomic E-state index is 13.0. The highest BCUT2D eigenvalue weighted by Crippen LogP contribution is 2.27. The Morgan fingerprint density at radius 1 is 0.439 bits per heavy atom. The van der Waals surface area contributed by atoms with Gasteiger partial charge in [0.25, 0.3) is 0 Å². The van der Waals surface area contributed by atoms with Gasteiger partial charge >= 0.3 is 5.97 Å². The third-order valence-electron chi connectivity index (χ3n) is 13.4. The van der Waals surface area contributed by atoms with Crippen LogP contribution in [0, 0.1) is 0 Å². The smallest absolute Gasteiger partial charge is 0.306 e. The second kappa shape index (κ2) is 40.7. The molecule has 392 valence electrons. The van der Waals surface area contributed by atoms with E-state index >= 15 is 0 Å². The Labute approximate surface area is 400 Å². The summed E-state index contributed by atoms with van der Waals surface area (Å²) in [6, 6.07) is 0. The number of carbonyl (C=O) groups excluding carboxylic acids is 1. The molecule has 0 aromatic heterocycles. The van der Waals surface area contributed by atoms with E-state index in [1.54, 1.807) is 0 Å². The summed E-state index contributed by atoms with van der Waals surface area (Å²) in [7, 11) is 0. The minimum absolute atomic E-state index is 0.0701. The lowest BCUT2D eigenvalue weighted by atomic mass is 9.98. The fraction of sp³-hybridized carbons (Fsp3) is 0.981. The number of aliphatic hydroxyl groups excluding tert-OH is 7. The summed E-state index contributed by atoms with van der Waals surface area (Å²) in [4.78, 5) is 13.0. The van der Waals surface area contributed by atoms with Crippen LogP contribution < -0.4 is 0 Å². The SMILES string of the molecule is CCCCCCCCCCCCCCCCCCCCCCCCOCC(COC1OC(COC2OC(CO)C(O)C(O)C2O)C(O)C(O)C1O)OC(=O)CCCCCCCCCCCC. The molecule has 0 bridgehead atoms. The van der Waals surface area contributed by atoms with Crippen LogP contribution in [-0.2, 0) is 33.2 Å². The molecule has 0 radical (unpaired) electrons. The van der Waals surface area contributed by atoms with Crippen molar-refractivity contribution in [3.63, 3.8) is 0 Å². The zero-order valence-electron chi connectivity index (χ0n) is 41.7. The minimum atomic E-state index is -1.70. The summed E-state index contributed by atoms with van der Waals surface area (Å²) in [5, 5.41) is 72.1. The van der Waals surface area contributed by atoms with E-state index in [9.17, 15) is 40.5 Å². The Hall–Kier alpha value is -1.01. The first-order chi connectivity index (χ1) is 32.1. The molecule has 11 unspecified atom stereocenters. The lowest BCUT2D eigenvalue weighted by Crippen LogP contribution is -2.61. The van der Waals surface area contributed by atoms with Crippen molar-refractivity contribution in [3.05, 3.63) is 0 Å². The first kappa shape index (κ1) is 61.1. The van der Waals surface area contributed by atoms with Gasteiger partial charge in [0.1, 0.15) is 54.9 Å². The number of esters is 1. The molecule has 0 aromatic carbocycles. The molecule has 66 heavy (non-hydrogen) atoms. The van der Waals surface area contributed by atoms with E-state index < -0.39 is 80.7 Å². The van der Waals surface area contributed by atoms with Crippen molar-refractivity contribution in [1.29, 1.82) is 0 Å². The van der Waals surface area contributed by atoms with Gasteiger partial charge in [0.15, 0.2) is 12.6 Å². The van der Waals surface area contributed by atoms with Gasteiger partial charge < -0.3 is 64.2 Å². The molecule has 7 N–H and O–H groups in total. The summed E-state index contributed by atoms with van der Waals surface area (Å²) in [5.41, 5.74) is 0. The number of carbonyl (C=O) groups is 1. The van der Waals surface area contributed by atoms with Gasteiger partial charge in [0, 0.05) is 13.0 Å². The van der Waals surface area contributed by atoms with Crippen LogP contribution in [0.1, 0.15) is 226 Å². The zero-order valence-corrected chi connectivity index (χ0v) is 41.7. The fourth-order valence-electron chi connectivity index (χ4n) is 8.93. The molecule has 2 rings (SSSR count). The topological polar surface area (TPSA) is 214 Å². The van der Waals surface area contributed by atoms with Crippen molar-refractivity contribution in [3.8, 4) is 0 Å². The number of rotatable bonds is 44. The maximum Gasteiger partial charge on any atom is 0.306 e. The van der Waals surface area contributed by atoms with Crippen LogP contribution in [0.2, 0.25) is 0 Å². The number of aliphatic hydroxyl groups is 7. The van der Waals surface area contributed by atoms with E-state index in [1.807, 2.05) is 0 Å². The van der Waals surface area contributed by atoms with E-state index in [0.717, 1.165) is 38.5 Å². The largest absolute Gasteiger partial charge is 0.457 e. The minimum Gasteiger partial charge on any atom is -0.457 e. The van der Waals surface area contributed by atoms with Gasteiger partial charge in [-0.05, 0) is 12.8 Å². The molecule has 2 fully saturated rings. The predicted octanol–water partition coefficient (Wildman–Crippen LogP) is 8.47. The Balaban J connectivity index is 1.68. The zero-order chi connectivity index (χ0) is 48.0. The van der Waals surface area contributed by atoms with Crippen LogP contribution in [-0.4, -0.2) is 142 Å². The van der Waals surface area contributed by atoms with Crippen LogP contribution in [0.3, 0.4) is 0 Å². The molecule has 14 heteroatoms. The van der Waals surface area contributed by atoms with Crippen molar-refractivity contribution in [2.75, 3.05) is 33.0 Å². The Morgan fingerprint density at radius 2 is 0.803 bits per heavy atom. The average Bonchev–Trinajstić information content (AvgIpc) is 3.31. The highest BCUT2D eigenvalue weighted by Gasteiger charge is 2.47. The van der Waals surface area contributed by atoms with Gasteiger partial charge in [0.05, 0.1) is 26.4 Å². The molecule has 0 aliphatic carbocycles. The second-order valence-corrected chi connectivity index (χ2v) is 19.4. The molecular weight excluding hydrogens is 849 g/mol. The molecular formula is C52H100O14. The molecule has 0 saturated carbocycles. The summed E-state index contributed by atoms with van der Waals surface area (Å²) >= 11 is 0. The Bertz CT molecular complexity index is 1100. The molecule has 2 aliphatic rings. The highest BCUT2D eigenvalue weighted by molar-refractivity contribution is 5.69. The van der Waals surface area contributed by atoms with Crippen LogP contribution >= 0.6 is 0 Å². The van der Waals surface area contributed by atoms with Crippen molar-refractivity contribution >= 4 is 5.97 Å². The molecule has 2 saturated heterocycles. The van der Waals surface area contributed by atoms with Crippen molar-refractivity contribution < 1.29 is 69.0 Å². The second-order valence-electron chi connectivity index (χ2n) is 19.4. The monoisotopic (exact) mass is 949 g/mol. The van der Waals surface area contributed by atoms with Crippen LogP contribution in [0.4, 0.5) is 0 Å². The first-order valence-electron chi connectivity index (χ1n) is 27.1. The normalized spacial score (nSPS) is 26.2. The summed E-state index contributed by atoms with van der Waals surface area (Å²) in [5.74, 6) is -0.373. The lowest BCUT2D eigenvalue weighted by Gasteiger charge is -2.42. The molecule has 0 spiro atoms. The summed E-state index contributed by atoms with van der Waals surface area (Å²) in [6.07, 6.45) is 24.7. The Morgan fingerprint density at radius 3 is 1.23 bits per heavy atom. The van der Waals surface area contributed by atoms with Crippen molar-refractivity contribution in [1.82, 2.24) is 0 Å². The molecule has 11 atom stereocenters. The lowest BCUT2D eigenvalue weighted by molar-refractivity contribution is -0.332. The first-order valence-corrected chi connectivity index (χ1v) is 27.1. The summed E-state index contributed by atoms with van der Waals surface area (Å²) < 4.78 is 34.3. The quantitative estimate of drug-likeness (QED) is 0.0226. The average molecular weight is 949 g/mol. The van der Waals surface area contributed by atoms with E-state index in [-0.39, 0.29) is 25.6 Å². The standard InChI is InChI=1S/C52H100O14/c1-3-5-7-9-11-13-15-16-17-18-19-20-21-22-23-24-25-26-28-30-32-34-36-61-38-41(64-44(54)35-33-31-29-27-14-12-10-8-6-4-2)39-62-51-50(60)48(58)46(56)43(66-51)40-63-52-49(59)47(57)45(55)42(37-53)65-52/h41-43,45-53,55-60H,3-40H2,1-2H3. The molecule has 14 nitrogen and oxygen atoms in total. The van der Waals surface area contributed by atoms with Gasteiger partial charge in [-0.25, -0.2) is 0 Å². The fourth-order valence-corrected chi connectivity index (χ4v) is 8.93. The number of hydrogen-bond acceptors (Lipinski definition) is 14. The van der Waals surface area contributed by atoms with Gasteiger partial charge in [-0.1, -0.05) is 206 Å². The van der Waals surface area contributed by atoms with E-state index in [0.29, 0.717) is 13.0 Å². The van der Waals surface area contributed by atoms with Gasteiger partial charge in [-0.3, -0.25) is 4.79 Å².